The summed E-state index contributed by atoms with van der Waals surface area (Å²) in [6, 6.07) is 0. The molecule has 0 spiro atoms. The third-order valence-corrected chi connectivity index (χ3v) is 2.60. The molecule has 17 heavy (non-hydrogen) atoms. The summed E-state index contributed by atoms with van der Waals surface area (Å²) in [6.45, 7) is 2.08. The number of aromatic nitrogens is 3. The molecular formula is C10H10N4O2S. The van der Waals surface area contributed by atoms with Crippen molar-refractivity contribution in [1.29, 1.82) is 0 Å². The van der Waals surface area contributed by atoms with Gasteiger partial charge in [0.05, 0.1) is 30.2 Å². The standard InChI is InChI=1S/C10H10N4O2S/c1-2-16-10(15)8-9(17-6-13-8)14-7-3-11-5-12-4-7/h3-6,14H,2H2,1H3. The van der Waals surface area contributed by atoms with Crippen LogP contribution in [0.4, 0.5) is 10.7 Å². The van der Waals surface area contributed by atoms with Gasteiger partial charge in [-0.1, -0.05) is 0 Å². The highest BCUT2D eigenvalue weighted by atomic mass is 32.1. The maximum Gasteiger partial charge on any atom is 0.360 e. The van der Waals surface area contributed by atoms with E-state index in [2.05, 4.69) is 20.3 Å². The molecule has 0 aliphatic heterocycles. The lowest BCUT2D eigenvalue weighted by Crippen LogP contribution is -2.07. The summed E-state index contributed by atoms with van der Waals surface area (Å²) in [5, 5.41) is 3.65. The lowest BCUT2D eigenvalue weighted by atomic mass is 10.4. The van der Waals surface area contributed by atoms with Crippen LogP contribution in [0.3, 0.4) is 0 Å². The Bertz CT molecular complexity index is 500. The Hall–Kier alpha value is -2.02. The second-order valence-corrected chi connectivity index (χ2v) is 3.86. The highest BCUT2D eigenvalue weighted by Crippen LogP contribution is 2.24. The van der Waals surface area contributed by atoms with Crippen molar-refractivity contribution >= 4 is 28.0 Å². The van der Waals surface area contributed by atoms with Gasteiger partial charge < -0.3 is 10.1 Å². The van der Waals surface area contributed by atoms with Crippen LogP contribution in [-0.2, 0) is 4.74 Å². The number of esters is 1. The number of carbonyl (C=O) groups is 1. The average molecular weight is 250 g/mol. The molecule has 88 valence electrons. The minimum Gasteiger partial charge on any atom is -0.461 e. The van der Waals surface area contributed by atoms with E-state index in [0.717, 1.165) is 0 Å². The van der Waals surface area contributed by atoms with Gasteiger partial charge in [-0.2, -0.15) is 0 Å². The molecule has 0 fully saturated rings. The molecule has 0 aliphatic rings. The van der Waals surface area contributed by atoms with Gasteiger partial charge in [-0.25, -0.2) is 19.7 Å². The van der Waals surface area contributed by atoms with E-state index in [4.69, 9.17) is 4.74 Å². The predicted molar refractivity (Wildman–Crippen MR) is 63.4 cm³/mol. The molecule has 1 N–H and O–H groups in total. The highest BCUT2D eigenvalue weighted by molar-refractivity contribution is 7.14. The average Bonchev–Trinajstić information content (AvgIpc) is 2.79. The zero-order valence-electron chi connectivity index (χ0n) is 9.08. The van der Waals surface area contributed by atoms with Crippen LogP contribution in [0.2, 0.25) is 0 Å². The van der Waals surface area contributed by atoms with E-state index in [1.54, 1.807) is 24.8 Å². The molecule has 2 rings (SSSR count). The van der Waals surface area contributed by atoms with Gasteiger partial charge >= 0.3 is 5.97 Å². The molecule has 2 aromatic rings. The Morgan fingerprint density at radius 2 is 2.24 bits per heavy atom. The zero-order chi connectivity index (χ0) is 12.1. The number of thiazole rings is 1. The quantitative estimate of drug-likeness (QED) is 0.834. The van der Waals surface area contributed by atoms with Crippen molar-refractivity contribution in [2.24, 2.45) is 0 Å². The third kappa shape index (κ3) is 2.76. The zero-order valence-corrected chi connectivity index (χ0v) is 9.90. The van der Waals surface area contributed by atoms with E-state index in [0.29, 0.717) is 17.3 Å². The number of ether oxygens (including phenoxy) is 1. The Labute approximate surface area is 102 Å². The molecule has 0 saturated heterocycles. The van der Waals surface area contributed by atoms with Crippen LogP contribution in [0.1, 0.15) is 17.4 Å². The number of nitrogens with zero attached hydrogens (tertiary/aromatic N) is 3. The minimum atomic E-state index is -0.437. The van der Waals surface area contributed by atoms with E-state index < -0.39 is 5.97 Å². The van der Waals surface area contributed by atoms with Gasteiger partial charge in [-0.15, -0.1) is 11.3 Å². The molecule has 0 unspecified atom stereocenters. The molecule has 6 nitrogen and oxygen atoms in total. The lowest BCUT2D eigenvalue weighted by molar-refractivity contribution is 0.0521. The molecule has 0 atom stereocenters. The van der Waals surface area contributed by atoms with Crippen molar-refractivity contribution in [3.8, 4) is 0 Å². The summed E-state index contributed by atoms with van der Waals surface area (Å²) < 4.78 is 4.90. The first-order chi connectivity index (χ1) is 8.31. The van der Waals surface area contributed by atoms with Gasteiger partial charge in [0, 0.05) is 0 Å². The van der Waals surface area contributed by atoms with Crippen LogP contribution >= 0.6 is 11.3 Å². The normalized spacial score (nSPS) is 9.94. The fourth-order valence-corrected chi connectivity index (χ4v) is 1.86. The Balaban J connectivity index is 2.17. The van der Waals surface area contributed by atoms with Gasteiger partial charge in [-0.3, -0.25) is 0 Å². The van der Waals surface area contributed by atoms with Gasteiger partial charge in [0.15, 0.2) is 5.69 Å². The molecule has 0 saturated carbocycles. The van der Waals surface area contributed by atoms with Gasteiger partial charge in [0.2, 0.25) is 0 Å². The Morgan fingerprint density at radius 3 is 2.94 bits per heavy atom. The van der Waals surface area contributed by atoms with Gasteiger partial charge in [-0.05, 0) is 6.92 Å². The second-order valence-electron chi connectivity index (χ2n) is 3.00. The van der Waals surface area contributed by atoms with Crippen LogP contribution in [-0.4, -0.2) is 27.5 Å². The highest BCUT2D eigenvalue weighted by Gasteiger charge is 2.16. The van der Waals surface area contributed by atoms with Gasteiger partial charge in [0.1, 0.15) is 11.3 Å². The number of rotatable bonds is 4. The van der Waals surface area contributed by atoms with Crippen LogP contribution in [0.15, 0.2) is 24.2 Å². The van der Waals surface area contributed by atoms with Crippen LogP contribution in [0, 0.1) is 0 Å². The maximum absolute atomic E-state index is 11.6. The molecule has 7 heteroatoms. The molecule has 0 aliphatic carbocycles. The number of anilines is 2. The molecule has 2 heterocycles. The van der Waals surface area contributed by atoms with Gasteiger partial charge in [0.25, 0.3) is 0 Å². The summed E-state index contributed by atoms with van der Waals surface area (Å²) in [5.41, 5.74) is 2.56. The van der Waals surface area contributed by atoms with Crippen LogP contribution < -0.4 is 5.32 Å². The largest absolute Gasteiger partial charge is 0.461 e. The minimum absolute atomic E-state index is 0.278. The molecule has 0 radical (unpaired) electrons. The Kier molecular flexibility index (Phi) is 3.61. The summed E-state index contributed by atoms with van der Waals surface area (Å²) in [6.07, 6.45) is 4.66. The summed E-state index contributed by atoms with van der Waals surface area (Å²) in [5.74, 6) is -0.437. The summed E-state index contributed by atoms with van der Waals surface area (Å²) >= 11 is 1.32. The molecule has 2 aromatic heterocycles. The first-order valence-electron chi connectivity index (χ1n) is 4.94. The van der Waals surface area contributed by atoms with E-state index >= 15 is 0 Å². The van der Waals surface area contributed by atoms with E-state index in [1.807, 2.05) is 0 Å². The Morgan fingerprint density at radius 1 is 1.47 bits per heavy atom. The van der Waals surface area contributed by atoms with Crippen molar-refractivity contribution in [3.63, 3.8) is 0 Å². The van der Waals surface area contributed by atoms with Crippen molar-refractivity contribution < 1.29 is 9.53 Å². The predicted octanol–water partition coefficient (Wildman–Crippen LogP) is 1.85. The first-order valence-corrected chi connectivity index (χ1v) is 5.82. The van der Waals surface area contributed by atoms with Crippen LogP contribution in [0.25, 0.3) is 0 Å². The lowest BCUT2D eigenvalue weighted by Gasteiger charge is -2.04. The van der Waals surface area contributed by atoms with Crippen molar-refractivity contribution in [3.05, 3.63) is 29.9 Å². The van der Waals surface area contributed by atoms with Crippen LogP contribution in [0.5, 0.6) is 0 Å². The molecule has 0 aromatic carbocycles. The second kappa shape index (κ2) is 5.35. The van der Waals surface area contributed by atoms with E-state index in [9.17, 15) is 4.79 Å². The number of hydrogen-bond donors (Lipinski definition) is 1. The SMILES string of the molecule is CCOC(=O)c1ncsc1Nc1cncnc1. The number of hydrogen-bond acceptors (Lipinski definition) is 7. The fourth-order valence-electron chi connectivity index (χ4n) is 1.17. The first kappa shape index (κ1) is 11.5. The topological polar surface area (TPSA) is 77.0 Å². The smallest absolute Gasteiger partial charge is 0.360 e. The van der Waals surface area contributed by atoms with Crippen molar-refractivity contribution in [1.82, 2.24) is 15.0 Å². The number of carbonyl (C=O) groups excluding carboxylic acids is 1. The molecular weight excluding hydrogens is 240 g/mol. The van der Waals surface area contributed by atoms with E-state index in [1.165, 1.54) is 17.7 Å². The summed E-state index contributed by atoms with van der Waals surface area (Å²) in [4.78, 5) is 23.3. The van der Waals surface area contributed by atoms with Crippen molar-refractivity contribution in [2.45, 2.75) is 6.92 Å². The molecule has 0 amide bonds. The van der Waals surface area contributed by atoms with Crippen molar-refractivity contribution in [2.75, 3.05) is 11.9 Å². The molecule has 0 bridgehead atoms. The third-order valence-electron chi connectivity index (χ3n) is 1.85. The summed E-state index contributed by atoms with van der Waals surface area (Å²) in [7, 11) is 0. The fraction of sp³-hybridized carbons (Fsp3) is 0.200. The number of nitrogens with one attached hydrogen (secondary N) is 1. The maximum atomic E-state index is 11.6. The van der Waals surface area contributed by atoms with E-state index in [-0.39, 0.29) is 5.69 Å². The monoisotopic (exact) mass is 250 g/mol.